The third-order valence-electron chi connectivity index (χ3n) is 2.95. The van der Waals surface area contributed by atoms with Crippen molar-refractivity contribution in [2.75, 3.05) is 5.32 Å². The summed E-state index contributed by atoms with van der Waals surface area (Å²) < 4.78 is 0. The summed E-state index contributed by atoms with van der Waals surface area (Å²) in [6, 6.07) is 8.70. The van der Waals surface area contributed by atoms with Crippen molar-refractivity contribution in [3.8, 4) is 0 Å². The van der Waals surface area contributed by atoms with Crippen LogP contribution in [0.15, 0.2) is 24.3 Å². The van der Waals surface area contributed by atoms with Crippen LogP contribution >= 0.6 is 0 Å². The van der Waals surface area contributed by atoms with Crippen LogP contribution in [-0.4, -0.2) is 17.2 Å². The van der Waals surface area contributed by atoms with Gasteiger partial charge in [-0.1, -0.05) is 18.2 Å². The highest BCUT2D eigenvalue weighted by molar-refractivity contribution is 5.53. The van der Waals surface area contributed by atoms with Crippen molar-refractivity contribution in [1.29, 1.82) is 0 Å². The van der Waals surface area contributed by atoms with Crippen molar-refractivity contribution >= 4 is 5.69 Å². The zero-order valence-electron chi connectivity index (χ0n) is 8.98. The summed E-state index contributed by atoms with van der Waals surface area (Å²) in [6.45, 7) is 1.78. The summed E-state index contributed by atoms with van der Waals surface area (Å²) >= 11 is 0. The smallest absolute Gasteiger partial charge is 0.0781 e. The number of para-hydroxylation sites is 1. The second-order valence-corrected chi connectivity index (χ2v) is 4.34. The van der Waals surface area contributed by atoms with Crippen LogP contribution in [0.4, 0.5) is 5.69 Å². The van der Waals surface area contributed by atoms with Crippen LogP contribution in [0.2, 0.25) is 0 Å². The predicted octanol–water partition coefficient (Wildman–Crippen LogP) is 1.64. The summed E-state index contributed by atoms with van der Waals surface area (Å²) in [5.74, 6) is 0. The lowest BCUT2D eigenvalue weighted by atomic mass is 9.87. The highest BCUT2D eigenvalue weighted by Gasteiger charge is 2.26. The number of hydrogen-bond donors (Lipinski definition) is 3. The minimum Gasteiger partial charge on any atom is -0.389 e. The van der Waals surface area contributed by atoms with Gasteiger partial charge in [-0.3, -0.25) is 0 Å². The molecule has 4 N–H and O–H groups in total. The van der Waals surface area contributed by atoms with Gasteiger partial charge in [0.1, 0.15) is 0 Å². The lowest BCUT2D eigenvalue weighted by molar-refractivity contribution is 0.200. The molecule has 15 heavy (non-hydrogen) atoms. The molecule has 2 rings (SSSR count). The topological polar surface area (TPSA) is 58.3 Å². The predicted molar refractivity (Wildman–Crippen MR) is 61.7 cm³/mol. The number of benzene rings is 1. The minimum atomic E-state index is -0.428. The third kappa shape index (κ3) is 2.30. The Labute approximate surface area is 90.3 Å². The summed E-state index contributed by atoms with van der Waals surface area (Å²) in [6.07, 6.45) is 1.62. The van der Waals surface area contributed by atoms with Gasteiger partial charge in [0.25, 0.3) is 0 Å². The van der Waals surface area contributed by atoms with Gasteiger partial charge in [-0.15, -0.1) is 0 Å². The molecule has 0 aromatic heterocycles. The zero-order chi connectivity index (χ0) is 10.8. The van der Waals surface area contributed by atoms with E-state index in [9.17, 15) is 5.11 Å². The van der Waals surface area contributed by atoms with Gasteiger partial charge in [0, 0.05) is 23.3 Å². The van der Waals surface area contributed by atoms with Crippen LogP contribution in [0.1, 0.15) is 31.4 Å². The first-order valence-corrected chi connectivity index (χ1v) is 5.46. The monoisotopic (exact) mass is 206 g/mol. The Kier molecular flexibility index (Phi) is 2.93. The fourth-order valence-corrected chi connectivity index (χ4v) is 1.99. The number of aliphatic hydroxyl groups excluding tert-OH is 1. The van der Waals surface area contributed by atoms with Crippen LogP contribution in [0.5, 0.6) is 0 Å². The molecule has 1 aliphatic carbocycles. The highest BCUT2D eigenvalue weighted by atomic mass is 16.3. The molecule has 1 aromatic carbocycles. The number of aliphatic hydroxyl groups is 1. The molecule has 0 bridgehead atoms. The maximum absolute atomic E-state index is 9.60. The molecular formula is C12H18N2O. The van der Waals surface area contributed by atoms with Gasteiger partial charge in [-0.05, 0) is 25.8 Å². The molecule has 0 saturated heterocycles. The van der Waals surface area contributed by atoms with E-state index in [1.54, 1.807) is 6.92 Å². The van der Waals surface area contributed by atoms with E-state index in [0.717, 1.165) is 24.1 Å². The lowest BCUT2D eigenvalue weighted by Gasteiger charge is -2.34. The first-order valence-electron chi connectivity index (χ1n) is 5.46. The van der Waals surface area contributed by atoms with Gasteiger partial charge in [0.15, 0.2) is 0 Å². The van der Waals surface area contributed by atoms with Gasteiger partial charge in [0.05, 0.1) is 6.10 Å². The van der Waals surface area contributed by atoms with Gasteiger partial charge in [-0.2, -0.15) is 0 Å². The third-order valence-corrected chi connectivity index (χ3v) is 2.95. The molecule has 1 saturated carbocycles. The Hall–Kier alpha value is -1.06. The maximum atomic E-state index is 9.60. The zero-order valence-corrected chi connectivity index (χ0v) is 8.98. The second kappa shape index (κ2) is 4.21. The van der Waals surface area contributed by atoms with Crippen molar-refractivity contribution in [3.63, 3.8) is 0 Å². The Bertz CT molecular complexity index is 332. The Morgan fingerprint density at radius 1 is 1.40 bits per heavy atom. The van der Waals surface area contributed by atoms with E-state index >= 15 is 0 Å². The van der Waals surface area contributed by atoms with Crippen molar-refractivity contribution < 1.29 is 5.11 Å². The molecule has 0 radical (unpaired) electrons. The van der Waals surface area contributed by atoms with Crippen LogP contribution < -0.4 is 11.1 Å². The molecule has 3 nitrogen and oxygen atoms in total. The average molecular weight is 206 g/mol. The quantitative estimate of drug-likeness (QED) is 0.704. The number of nitrogens with one attached hydrogen (secondary N) is 1. The number of nitrogens with two attached hydrogens (primary N) is 1. The molecule has 0 heterocycles. The molecular weight excluding hydrogens is 188 g/mol. The van der Waals surface area contributed by atoms with E-state index in [0.29, 0.717) is 12.1 Å². The fraction of sp³-hybridized carbons (Fsp3) is 0.500. The minimum absolute atomic E-state index is 0.348. The number of hydrogen-bond acceptors (Lipinski definition) is 3. The molecule has 1 unspecified atom stereocenters. The highest BCUT2D eigenvalue weighted by Crippen LogP contribution is 2.27. The molecule has 82 valence electrons. The Balaban J connectivity index is 2.07. The molecule has 1 aliphatic rings. The largest absolute Gasteiger partial charge is 0.389 e. The van der Waals surface area contributed by atoms with Gasteiger partial charge in [0.2, 0.25) is 0 Å². The molecule has 0 aliphatic heterocycles. The van der Waals surface area contributed by atoms with Gasteiger partial charge >= 0.3 is 0 Å². The molecule has 0 spiro atoms. The van der Waals surface area contributed by atoms with E-state index < -0.39 is 6.10 Å². The SMILES string of the molecule is CC(O)c1ccccc1NC1CC(N)C1. The Morgan fingerprint density at radius 3 is 2.67 bits per heavy atom. The average Bonchev–Trinajstić information content (AvgIpc) is 2.16. The summed E-state index contributed by atoms with van der Waals surface area (Å²) in [5, 5.41) is 13.0. The number of rotatable bonds is 3. The van der Waals surface area contributed by atoms with Crippen LogP contribution in [0.3, 0.4) is 0 Å². The van der Waals surface area contributed by atoms with E-state index in [4.69, 9.17) is 5.73 Å². The molecule has 1 aromatic rings. The first-order chi connectivity index (χ1) is 7.16. The fourth-order valence-electron chi connectivity index (χ4n) is 1.99. The van der Waals surface area contributed by atoms with Gasteiger partial charge in [-0.25, -0.2) is 0 Å². The second-order valence-electron chi connectivity index (χ2n) is 4.34. The molecule has 1 fully saturated rings. The lowest BCUT2D eigenvalue weighted by Crippen LogP contribution is -2.44. The van der Waals surface area contributed by atoms with Crippen molar-refractivity contribution in [3.05, 3.63) is 29.8 Å². The van der Waals surface area contributed by atoms with E-state index in [-0.39, 0.29) is 0 Å². The molecule has 3 heteroatoms. The first kappa shape index (κ1) is 10.5. The van der Waals surface area contributed by atoms with E-state index in [2.05, 4.69) is 5.32 Å². The van der Waals surface area contributed by atoms with E-state index in [1.807, 2.05) is 24.3 Å². The van der Waals surface area contributed by atoms with E-state index in [1.165, 1.54) is 0 Å². The normalized spacial score (nSPS) is 26.9. The van der Waals surface area contributed by atoms with Crippen LogP contribution in [0, 0.1) is 0 Å². The summed E-state index contributed by atoms with van der Waals surface area (Å²) in [4.78, 5) is 0. The van der Waals surface area contributed by atoms with Gasteiger partial charge < -0.3 is 16.2 Å². The van der Waals surface area contributed by atoms with Crippen LogP contribution in [0.25, 0.3) is 0 Å². The number of anilines is 1. The summed E-state index contributed by atoms with van der Waals surface area (Å²) in [7, 11) is 0. The van der Waals surface area contributed by atoms with Crippen LogP contribution in [-0.2, 0) is 0 Å². The maximum Gasteiger partial charge on any atom is 0.0781 e. The molecule has 0 amide bonds. The Morgan fingerprint density at radius 2 is 2.07 bits per heavy atom. The van der Waals surface area contributed by atoms with Crippen molar-refractivity contribution in [1.82, 2.24) is 0 Å². The standard InChI is InChI=1S/C12H18N2O/c1-8(15)11-4-2-3-5-12(11)14-10-6-9(13)7-10/h2-5,8-10,14-15H,6-7,13H2,1H3. The van der Waals surface area contributed by atoms with Crippen molar-refractivity contribution in [2.45, 2.75) is 38.0 Å². The molecule has 1 atom stereocenters. The summed E-state index contributed by atoms with van der Waals surface area (Å²) in [5.41, 5.74) is 7.72. The van der Waals surface area contributed by atoms with Crippen molar-refractivity contribution in [2.24, 2.45) is 5.73 Å².